The highest BCUT2D eigenvalue weighted by molar-refractivity contribution is 5.73. The van der Waals surface area contributed by atoms with Crippen LogP contribution in [0, 0.1) is 5.92 Å². The third kappa shape index (κ3) is 8.68. The molecule has 1 aliphatic carbocycles. The van der Waals surface area contributed by atoms with Gasteiger partial charge in [0.05, 0.1) is 6.04 Å². The molecule has 0 aliphatic heterocycles. The minimum Gasteiger partial charge on any atom is -0.444 e. The second-order valence-corrected chi connectivity index (χ2v) is 5.07. The highest BCUT2D eigenvalue weighted by Crippen LogP contribution is 2.33. The smallest absolute Gasteiger partial charge is 0.408 e. The zero-order valence-corrected chi connectivity index (χ0v) is 11.0. The summed E-state index contributed by atoms with van der Waals surface area (Å²) in [4.78, 5) is 22.0. The Morgan fingerprint density at radius 2 is 2.00 bits per heavy atom. The van der Waals surface area contributed by atoms with E-state index in [1.807, 2.05) is 0 Å². The van der Waals surface area contributed by atoms with Gasteiger partial charge in [0, 0.05) is 7.11 Å². The van der Waals surface area contributed by atoms with Crippen molar-refractivity contribution in [2.45, 2.75) is 51.7 Å². The van der Waals surface area contributed by atoms with Crippen LogP contribution in [0.4, 0.5) is 4.79 Å². The molecule has 1 atom stereocenters. The number of aldehydes is 1. The zero-order valence-electron chi connectivity index (χ0n) is 11.0. The van der Waals surface area contributed by atoms with E-state index in [1.54, 1.807) is 20.8 Å². The first-order chi connectivity index (χ1) is 7.90. The van der Waals surface area contributed by atoms with Crippen LogP contribution in [0.25, 0.3) is 0 Å². The molecule has 5 heteroatoms. The van der Waals surface area contributed by atoms with E-state index in [4.69, 9.17) is 9.84 Å². The molecular weight excluding hydrogens is 222 g/mol. The van der Waals surface area contributed by atoms with Crippen LogP contribution in [0.3, 0.4) is 0 Å². The highest BCUT2D eigenvalue weighted by atomic mass is 16.6. The molecule has 17 heavy (non-hydrogen) atoms. The summed E-state index contributed by atoms with van der Waals surface area (Å²) in [7, 11) is 1.00. The Kier molecular flexibility index (Phi) is 6.80. The molecule has 0 aromatic carbocycles. The fourth-order valence-electron chi connectivity index (χ4n) is 1.32. The van der Waals surface area contributed by atoms with Gasteiger partial charge in [-0.2, -0.15) is 0 Å². The largest absolute Gasteiger partial charge is 0.444 e. The van der Waals surface area contributed by atoms with Gasteiger partial charge in [0.1, 0.15) is 11.9 Å². The maximum Gasteiger partial charge on any atom is 0.408 e. The maximum absolute atomic E-state index is 11.3. The first-order valence-electron chi connectivity index (χ1n) is 5.80. The third-order valence-corrected chi connectivity index (χ3v) is 2.15. The zero-order chi connectivity index (χ0) is 13.5. The SMILES string of the molecule is CC(C)(C)OC(=O)NC(C=O)CC1CC1.CO. The molecule has 0 heterocycles. The molecule has 1 aliphatic rings. The van der Waals surface area contributed by atoms with Gasteiger partial charge in [-0.15, -0.1) is 0 Å². The number of carbonyl (C=O) groups excluding carboxylic acids is 2. The molecule has 100 valence electrons. The molecule has 5 nitrogen and oxygen atoms in total. The number of hydrogen-bond acceptors (Lipinski definition) is 4. The summed E-state index contributed by atoms with van der Waals surface area (Å²) in [6, 6.07) is -0.396. The van der Waals surface area contributed by atoms with E-state index in [0.29, 0.717) is 5.92 Å². The van der Waals surface area contributed by atoms with Gasteiger partial charge in [-0.25, -0.2) is 4.79 Å². The summed E-state index contributed by atoms with van der Waals surface area (Å²) in [5, 5.41) is 9.57. The van der Waals surface area contributed by atoms with E-state index in [1.165, 1.54) is 12.8 Å². The molecule has 0 aromatic rings. The standard InChI is InChI=1S/C11H19NO3.CH4O/c1-11(2,3)15-10(14)12-9(7-13)6-8-4-5-8;1-2/h7-9H,4-6H2,1-3H3,(H,12,14);2H,1H3. The van der Waals surface area contributed by atoms with Crippen molar-refractivity contribution in [2.75, 3.05) is 7.11 Å². The molecule has 0 bridgehead atoms. The number of alkyl carbamates (subject to hydrolysis) is 1. The first kappa shape index (κ1) is 15.9. The summed E-state index contributed by atoms with van der Waals surface area (Å²) >= 11 is 0. The van der Waals surface area contributed by atoms with E-state index in [-0.39, 0.29) is 0 Å². The fraction of sp³-hybridized carbons (Fsp3) is 0.833. The lowest BCUT2D eigenvalue weighted by Crippen LogP contribution is -2.40. The van der Waals surface area contributed by atoms with Crippen LogP contribution >= 0.6 is 0 Å². The van der Waals surface area contributed by atoms with Gasteiger partial charge >= 0.3 is 6.09 Å². The van der Waals surface area contributed by atoms with Gasteiger partial charge < -0.3 is 20.0 Å². The number of rotatable bonds is 4. The van der Waals surface area contributed by atoms with Crippen molar-refractivity contribution in [2.24, 2.45) is 5.92 Å². The van der Waals surface area contributed by atoms with E-state index < -0.39 is 17.7 Å². The lowest BCUT2D eigenvalue weighted by Gasteiger charge is -2.21. The van der Waals surface area contributed by atoms with Gasteiger partial charge in [0.25, 0.3) is 0 Å². The van der Waals surface area contributed by atoms with Crippen LogP contribution in [0.1, 0.15) is 40.0 Å². The minimum absolute atomic E-state index is 0.396. The molecule has 2 N–H and O–H groups in total. The Bertz CT molecular complexity index is 243. The average Bonchev–Trinajstić information content (AvgIpc) is 3.01. The Balaban J connectivity index is 0.00000121. The summed E-state index contributed by atoms with van der Waals surface area (Å²) in [5.74, 6) is 0.607. The topological polar surface area (TPSA) is 75.6 Å². The van der Waals surface area contributed by atoms with Crippen LogP contribution in [-0.4, -0.2) is 36.2 Å². The number of ether oxygens (including phenoxy) is 1. The van der Waals surface area contributed by atoms with Crippen molar-refractivity contribution in [3.63, 3.8) is 0 Å². The molecule has 1 saturated carbocycles. The van der Waals surface area contributed by atoms with Crippen LogP contribution in [0.5, 0.6) is 0 Å². The number of nitrogens with one attached hydrogen (secondary N) is 1. The van der Waals surface area contributed by atoms with Crippen LogP contribution in [0.2, 0.25) is 0 Å². The van der Waals surface area contributed by atoms with Crippen LogP contribution < -0.4 is 5.32 Å². The first-order valence-corrected chi connectivity index (χ1v) is 5.80. The monoisotopic (exact) mass is 245 g/mol. The van der Waals surface area contributed by atoms with E-state index in [2.05, 4.69) is 5.32 Å². The number of amides is 1. The van der Waals surface area contributed by atoms with Crippen molar-refractivity contribution in [3.8, 4) is 0 Å². The summed E-state index contributed by atoms with van der Waals surface area (Å²) in [6.07, 6.45) is 3.34. The molecule has 1 rings (SSSR count). The average molecular weight is 245 g/mol. The number of carbonyl (C=O) groups is 2. The lowest BCUT2D eigenvalue weighted by atomic mass is 10.1. The maximum atomic E-state index is 11.3. The van der Waals surface area contributed by atoms with Gasteiger partial charge in [0.15, 0.2) is 0 Å². The Labute approximate surface area is 103 Å². The van der Waals surface area contributed by atoms with Crippen molar-refractivity contribution in [1.29, 1.82) is 0 Å². The third-order valence-electron chi connectivity index (χ3n) is 2.15. The molecule has 0 radical (unpaired) electrons. The van der Waals surface area contributed by atoms with E-state index >= 15 is 0 Å². The second-order valence-electron chi connectivity index (χ2n) is 5.07. The molecule has 1 fully saturated rings. The molecule has 1 unspecified atom stereocenters. The minimum atomic E-state index is -0.517. The van der Waals surface area contributed by atoms with Gasteiger partial charge in [-0.05, 0) is 33.1 Å². The summed E-state index contributed by atoms with van der Waals surface area (Å²) in [6.45, 7) is 5.39. The van der Waals surface area contributed by atoms with Crippen molar-refractivity contribution < 1.29 is 19.4 Å². The lowest BCUT2D eigenvalue weighted by molar-refractivity contribution is -0.109. The number of aliphatic hydroxyl groups excluding tert-OH is 1. The van der Waals surface area contributed by atoms with Crippen molar-refractivity contribution >= 4 is 12.4 Å². The molecule has 0 aromatic heterocycles. The molecular formula is C12H23NO4. The van der Waals surface area contributed by atoms with Crippen LogP contribution in [-0.2, 0) is 9.53 Å². The van der Waals surface area contributed by atoms with Gasteiger partial charge in [0.2, 0.25) is 0 Å². The molecule has 1 amide bonds. The molecule has 0 spiro atoms. The quantitative estimate of drug-likeness (QED) is 0.736. The predicted molar refractivity (Wildman–Crippen MR) is 64.7 cm³/mol. The second kappa shape index (κ2) is 7.27. The van der Waals surface area contributed by atoms with Gasteiger partial charge in [-0.3, -0.25) is 0 Å². The van der Waals surface area contributed by atoms with E-state index in [9.17, 15) is 9.59 Å². The van der Waals surface area contributed by atoms with E-state index in [0.717, 1.165) is 19.8 Å². The Morgan fingerprint density at radius 3 is 2.35 bits per heavy atom. The Hall–Kier alpha value is -1.10. The Morgan fingerprint density at radius 1 is 1.47 bits per heavy atom. The summed E-state index contributed by atoms with van der Waals surface area (Å²) < 4.78 is 5.06. The van der Waals surface area contributed by atoms with Gasteiger partial charge in [-0.1, -0.05) is 12.8 Å². The number of aliphatic hydroxyl groups is 1. The normalized spacial score (nSPS) is 16.3. The summed E-state index contributed by atoms with van der Waals surface area (Å²) in [5.41, 5.74) is -0.517. The van der Waals surface area contributed by atoms with Crippen molar-refractivity contribution in [3.05, 3.63) is 0 Å². The highest BCUT2D eigenvalue weighted by Gasteiger charge is 2.27. The number of hydrogen-bond donors (Lipinski definition) is 2. The fourth-order valence-corrected chi connectivity index (χ4v) is 1.32. The predicted octanol–water partition coefficient (Wildman–Crippen LogP) is 1.49. The molecule has 0 saturated heterocycles. The van der Waals surface area contributed by atoms with Crippen LogP contribution in [0.15, 0.2) is 0 Å². The van der Waals surface area contributed by atoms with Crippen molar-refractivity contribution in [1.82, 2.24) is 5.32 Å².